The summed E-state index contributed by atoms with van der Waals surface area (Å²) >= 11 is 5.92. The van der Waals surface area contributed by atoms with Gasteiger partial charge < -0.3 is 15.0 Å². The van der Waals surface area contributed by atoms with Crippen LogP contribution in [0.5, 0.6) is 5.75 Å². The van der Waals surface area contributed by atoms with Crippen LogP contribution >= 0.6 is 11.6 Å². The van der Waals surface area contributed by atoms with Gasteiger partial charge in [0.2, 0.25) is 0 Å². The zero-order valence-corrected chi connectivity index (χ0v) is 14.1. The second kappa shape index (κ2) is 8.39. The van der Waals surface area contributed by atoms with E-state index >= 15 is 0 Å². The number of halogens is 1. The smallest absolute Gasteiger partial charge is 0.260 e. The van der Waals surface area contributed by atoms with E-state index in [0.717, 1.165) is 32.5 Å². The van der Waals surface area contributed by atoms with Crippen LogP contribution in [-0.4, -0.2) is 42.6 Å². The van der Waals surface area contributed by atoms with Crippen LogP contribution in [0.15, 0.2) is 24.3 Å². The van der Waals surface area contributed by atoms with Gasteiger partial charge in [-0.1, -0.05) is 24.6 Å². The molecular formula is C17H25ClN2O2. The van der Waals surface area contributed by atoms with Crippen molar-refractivity contribution in [1.29, 1.82) is 0 Å². The molecule has 0 aliphatic carbocycles. The van der Waals surface area contributed by atoms with Crippen molar-refractivity contribution in [2.45, 2.75) is 45.3 Å². The molecule has 1 heterocycles. The lowest BCUT2D eigenvalue weighted by Crippen LogP contribution is -2.48. The number of nitrogens with one attached hydrogen (secondary N) is 1. The summed E-state index contributed by atoms with van der Waals surface area (Å²) in [5.41, 5.74) is 0. The molecule has 0 spiro atoms. The normalized spacial score (nSPS) is 18.0. The Morgan fingerprint density at radius 1 is 1.45 bits per heavy atom. The summed E-state index contributed by atoms with van der Waals surface area (Å²) in [7, 11) is 0. The number of benzene rings is 1. The molecule has 22 heavy (non-hydrogen) atoms. The number of hydrogen-bond acceptors (Lipinski definition) is 3. The quantitative estimate of drug-likeness (QED) is 0.874. The van der Waals surface area contributed by atoms with E-state index in [-0.39, 0.29) is 11.9 Å². The SMILES string of the molecule is CCCN1CCC(NC(=O)[C@@H](C)Oc2cccc(Cl)c2)CC1. The lowest BCUT2D eigenvalue weighted by Gasteiger charge is -2.32. The summed E-state index contributed by atoms with van der Waals surface area (Å²) in [6.45, 7) is 7.23. The predicted octanol–water partition coefficient (Wildman–Crippen LogP) is 3.10. The van der Waals surface area contributed by atoms with Crippen molar-refractivity contribution in [3.8, 4) is 5.75 Å². The molecule has 0 saturated carbocycles. The summed E-state index contributed by atoms with van der Waals surface area (Å²) in [6, 6.07) is 7.37. The largest absolute Gasteiger partial charge is 0.481 e. The number of ether oxygens (including phenoxy) is 1. The fraction of sp³-hybridized carbons (Fsp3) is 0.588. The summed E-state index contributed by atoms with van der Waals surface area (Å²) in [6.07, 6.45) is 2.68. The van der Waals surface area contributed by atoms with Crippen LogP contribution in [0, 0.1) is 0 Å². The summed E-state index contributed by atoms with van der Waals surface area (Å²) in [5.74, 6) is 0.557. The fourth-order valence-electron chi connectivity index (χ4n) is 2.73. The van der Waals surface area contributed by atoms with Crippen molar-refractivity contribution in [2.75, 3.05) is 19.6 Å². The van der Waals surface area contributed by atoms with E-state index in [1.165, 1.54) is 6.42 Å². The van der Waals surface area contributed by atoms with Crippen LogP contribution in [0.4, 0.5) is 0 Å². The predicted molar refractivity (Wildman–Crippen MR) is 89.4 cm³/mol. The minimum absolute atomic E-state index is 0.0612. The van der Waals surface area contributed by atoms with Crippen molar-refractivity contribution in [1.82, 2.24) is 10.2 Å². The van der Waals surface area contributed by atoms with Crippen molar-refractivity contribution in [3.05, 3.63) is 29.3 Å². The molecule has 0 aromatic heterocycles. The number of likely N-dealkylation sites (tertiary alicyclic amines) is 1. The third kappa shape index (κ3) is 5.18. The maximum Gasteiger partial charge on any atom is 0.260 e. The molecule has 1 aromatic rings. The zero-order chi connectivity index (χ0) is 15.9. The first kappa shape index (κ1) is 17.1. The molecule has 1 aliphatic heterocycles. The molecule has 2 rings (SSSR count). The maximum atomic E-state index is 12.2. The lowest BCUT2D eigenvalue weighted by molar-refractivity contribution is -0.128. The van der Waals surface area contributed by atoms with E-state index in [2.05, 4.69) is 17.1 Å². The fourth-order valence-corrected chi connectivity index (χ4v) is 2.91. The van der Waals surface area contributed by atoms with E-state index in [9.17, 15) is 4.79 Å². The van der Waals surface area contributed by atoms with Gasteiger partial charge in [-0.25, -0.2) is 0 Å². The highest BCUT2D eigenvalue weighted by molar-refractivity contribution is 6.30. The number of rotatable bonds is 6. The Kier molecular flexibility index (Phi) is 6.52. The van der Waals surface area contributed by atoms with Crippen molar-refractivity contribution < 1.29 is 9.53 Å². The molecule has 1 aromatic carbocycles. The third-order valence-corrected chi connectivity index (χ3v) is 4.19. The highest BCUT2D eigenvalue weighted by Crippen LogP contribution is 2.18. The van der Waals surface area contributed by atoms with Crippen molar-refractivity contribution >= 4 is 17.5 Å². The Labute approximate surface area is 137 Å². The van der Waals surface area contributed by atoms with Gasteiger partial charge in [-0.3, -0.25) is 4.79 Å². The van der Waals surface area contributed by atoms with Crippen molar-refractivity contribution in [2.24, 2.45) is 0 Å². The minimum atomic E-state index is -0.521. The van der Waals surface area contributed by atoms with Crippen LogP contribution < -0.4 is 10.1 Å². The topological polar surface area (TPSA) is 41.6 Å². The number of carbonyl (C=O) groups is 1. The lowest BCUT2D eigenvalue weighted by atomic mass is 10.0. The summed E-state index contributed by atoms with van der Waals surface area (Å²) in [5, 5.41) is 3.70. The number of carbonyl (C=O) groups excluding carboxylic acids is 1. The molecule has 5 heteroatoms. The van der Waals surface area contributed by atoms with E-state index in [1.54, 1.807) is 25.1 Å². The highest BCUT2D eigenvalue weighted by Gasteiger charge is 2.23. The van der Waals surface area contributed by atoms with E-state index < -0.39 is 6.10 Å². The molecule has 1 atom stereocenters. The van der Waals surface area contributed by atoms with E-state index in [1.807, 2.05) is 6.07 Å². The van der Waals surface area contributed by atoms with Crippen LogP contribution in [-0.2, 0) is 4.79 Å². The average molecular weight is 325 g/mol. The summed E-state index contributed by atoms with van der Waals surface area (Å²) in [4.78, 5) is 14.7. The van der Waals surface area contributed by atoms with Gasteiger partial charge in [0.05, 0.1) is 0 Å². The molecule has 1 fully saturated rings. The van der Waals surface area contributed by atoms with Gasteiger partial charge in [-0.15, -0.1) is 0 Å². The third-order valence-electron chi connectivity index (χ3n) is 3.95. The zero-order valence-electron chi connectivity index (χ0n) is 13.3. The molecule has 1 aliphatic rings. The van der Waals surface area contributed by atoms with Crippen LogP contribution in [0.3, 0.4) is 0 Å². The van der Waals surface area contributed by atoms with Gasteiger partial charge in [0, 0.05) is 24.2 Å². The first-order chi connectivity index (χ1) is 10.6. The molecule has 122 valence electrons. The maximum absolute atomic E-state index is 12.2. The van der Waals surface area contributed by atoms with Crippen molar-refractivity contribution in [3.63, 3.8) is 0 Å². The Morgan fingerprint density at radius 3 is 2.82 bits per heavy atom. The molecule has 0 bridgehead atoms. The molecule has 4 nitrogen and oxygen atoms in total. The first-order valence-corrected chi connectivity index (χ1v) is 8.41. The molecule has 0 unspecified atom stereocenters. The number of piperidine rings is 1. The summed E-state index contributed by atoms with van der Waals surface area (Å²) < 4.78 is 5.65. The number of nitrogens with zero attached hydrogens (tertiary/aromatic N) is 1. The number of hydrogen-bond donors (Lipinski definition) is 1. The second-order valence-electron chi connectivity index (χ2n) is 5.84. The Balaban J connectivity index is 1.77. The first-order valence-electron chi connectivity index (χ1n) is 8.03. The van der Waals surface area contributed by atoms with Gasteiger partial charge >= 0.3 is 0 Å². The Bertz CT molecular complexity index is 487. The van der Waals surface area contributed by atoms with Crippen LogP contribution in [0.25, 0.3) is 0 Å². The molecule has 0 radical (unpaired) electrons. The van der Waals surface area contributed by atoms with Crippen LogP contribution in [0.2, 0.25) is 5.02 Å². The van der Waals surface area contributed by atoms with E-state index in [4.69, 9.17) is 16.3 Å². The van der Waals surface area contributed by atoms with E-state index in [0.29, 0.717) is 10.8 Å². The average Bonchev–Trinajstić information content (AvgIpc) is 2.49. The molecule has 1 amide bonds. The Hall–Kier alpha value is -1.26. The molecule has 1 N–H and O–H groups in total. The standard InChI is InChI=1S/C17H25ClN2O2/c1-3-9-20-10-7-15(8-11-20)19-17(21)13(2)22-16-6-4-5-14(18)12-16/h4-6,12-13,15H,3,7-11H2,1-2H3,(H,19,21)/t13-/m1/s1. The highest BCUT2D eigenvalue weighted by atomic mass is 35.5. The molecule has 1 saturated heterocycles. The Morgan fingerprint density at radius 2 is 2.18 bits per heavy atom. The number of amides is 1. The van der Waals surface area contributed by atoms with Gasteiger partial charge in [0.1, 0.15) is 5.75 Å². The van der Waals surface area contributed by atoms with Gasteiger partial charge in [0.15, 0.2) is 6.10 Å². The van der Waals surface area contributed by atoms with Crippen LogP contribution in [0.1, 0.15) is 33.1 Å². The monoisotopic (exact) mass is 324 g/mol. The molecular weight excluding hydrogens is 300 g/mol. The van der Waals surface area contributed by atoms with Gasteiger partial charge in [-0.2, -0.15) is 0 Å². The van der Waals surface area contributed by atoms with Gasteiger partial charge in [0.25, 0.3) is 5.91 Å². The van der Waals surface area contributed by atoms with Gasteiger partial charge in [-0.05, 0) is 50.9 Å². The minimum Gasteiger partial charge on any atom is -0.481 e. The second-order valence-corrected chi connectivity index (χ2v) is 6.28.